The number of fused-ring (bicyclic) bond motifs is 1. The molecule has 45 heavy (non-hydrogen) atoms. The van der Waals surface area contributed by atoms with Gasteiger partial charge in [-0.05, 0) is 79.3 Å². The Balaban J connectivity index is 1.40. The van der Waals surface area contributed by atoms with Gasteiger partial charge in [-0.2, -0.15) is 0 Å². The van der Waals surface area contributed by atoms with Crippen molar-refractivity contribution < 1.29 is 14.4 Å². The Kier molecular flexibility index (Phi) is 8.74. The summed E-state index contributed by atoms with van der Waals surface area (Å²) >= 11 is 14.0. The second kappa shape index (κ2) is 12.3. The van der Waals surface area contributed by atoms with Gasteiger partial charge in [-0.25, -0.2) is 4.99 Å². The molecule has 4 aliphatic heterocycles. The van der Waals surface area contributed by atoms with Gasteiger partial charge < -0.3 is 19.6 Å². The first-order chi connectivity index (χ1) is 21.4. The van der Waals surface area contributed by atoms with Crippen LogP contribution in [0.3, 0.4) is 0 Å². The van der Waals surface area contributed by atoms with E-state index in [0.717, 1.165) is 34.8 Å². The third-order valence-corrected chi connectivity index (χ3v) is 11.2. The number of rotatable bonds is 6. The van der Waals surface area contributed by atoms with Crippen molar-refractivity contribution in [1.82, 2.24) is 19.6 Å². The fourth-order valence-corrected chi connectivity index (χ4v) is 8.78. The van der Waals surface area contributed by atoms with Crippen molar-refractivity contribution in [2.24, 2.45) is 10.9 Å². The van der Waals surface area contributed by atoms with Crippen molar-refractivity contribution in [2.75, 3.05) is 26.7 Å². The highest BCUT2D eigenvalue weighted by Crippen LogP contribution is 2.56. The summed E-state index contributed by atoms with van der Waals surface area (Å²) in [6.45, 7) is 9.41. The van der Waals surface area contributed by atoms with Crippen LogP contribution in [0.1, 0.15) is 64.1 Å². The Bertz CT molecular complexity index is 1580. The van der Waals surface area contributed by atoms with Crippen molar-refractivity contribution >= 4 is 57.9 Å². The number of likely N-dealkylation sites (N-methyl/N-ethyl adjacent to an activating group) is 1. The van der Waals surface area contributed by atoms with Crippen LogP contribution in [0.4, 0.5) is 0 Å². The summed E-state index contributed by atoms with van der Waals surface area (Å²) in [6, 6.07) is 14.7. The first kappa shape index (κ1) is 32.0. The van der Waals surface area contributed by atoms with Crippen LogP contribution in [0.25, 0.3) is 0 Å². The third-order valence-electron chi connectivity index (χ3n) is 9.63. The number of nitrogens with zero attached hydrogens (tertiary/aromatic N) is 5. The maximum atomic E-state index is 14.7. The van der Waals surface area contributed by atoms with Crippen LogP contribution in [0.15, 0.2) is 64.1 Å². The first-order valence-electron chi connectivity index (χ1n) is 15.6. The van der Waals surface area contributed by atoms with Gasteiger partial charge in [0.1, 0.15) is 16.5 Å². The molecule has 2 saturated heterocycles. The zero-order chi connectivity index (χ0) is 32.2. The van der Waals surface area contributed by atoms with E-state index in [1.165, 1.54) is 11.8 Å². The number of thioether (sulfide) groups is 1. The number of carbonyl (C=O) groups is 3. The van der Waals surface area contributed by atoms with Crippen molar-refractivity contribution in [1.29, 1.82) is 0 Å². The van der Waals surface area contributed by atoms with Gasteiger partial charge >= 0.3 is 0 Å². The van der Waals surface area contributed by atoms with Crippen LogP contribution in [-0.2, 0) is 19.9 Å². The number of allylic oxidation sites excluding steroid dienone is 1. The van der Waals surface area contributed by atoms with Gasteiger partial charge in [0, 0.05) is 41.9 Å². The zero-order valence-electron chi connectivity index (χ0n) is 26.3. The molecule has 0 saturated carbocycles. The van der Waals surface area contributed by atoms with E-state index in [1.54, 1.807) is 16.8 Å². The number of benzene rings is 2. The smallest absolute Gasteiger partial charge is 0.263 e. The average molecular weight is 669 g/mol. The number of halogens is 2. The lowest BCUT2D eigenvalue weighted by molar-refractivity contribution is -0.149. The molecule has 0 aromatic heterocycles. The van der Waals surface area contributed by atoms with Crippen molar-refractivity contribution in [2.45, 2.75) is 70.6 Å². The second-order valence-corrected chi connectivity index (χ2v) is 14.6. The van der Waals surface area contributed by atoms with Crippen LogP contribution < -0.4 is 0 Å². The Morgan fingerprint density at radius 3 is 2.27 bits per heavy atom. The molecule has 0 bridgehead atoms. The van der Waals surface area contributed by atoms with Crippen molar-refractivity contribution in [3.8, 4) is 0 Å². The summed E-state index contributed by atoms with van der Waals surface area (Å²) in [5.41, 5.74) is 2.29. The minimum Gasteiger partial charge on any atom is -0.342 e. The highest BCUT2D eigenvalue weighted by Gasteiger charge is 2.54. The van der Waals surface area contributed by atoms with E-state index in [9.17, 15) is 14.4 Å². The molecule has 11 heteroatoms. The lowest BCUT2D eigenvalue weighted by Gasteiger charge is -2.38. The molecule has 0 unspecified atom stereocenters. The van der Waals surface area contributed by atoms with E-state index >= 15 is 0 Å². The number of amides is 3. The van der Waals surface area contributed by atoms with Gasteiger partial charge in [0.05, 0.1) is 12.6 Å². The van der Waals surface area contributed by atoms with Gasteiger partial charge in [-0.15, -0.1) is 0 Å². The Morgan fingerprint density at radius 1 is 1.02 bits per heavy atom. The minimum absolute atomic E-state index is 0.00129. The molecule has 4 atom stereocenters. The van der Waals surface area contributed by atoms with Crippen LogP contribution in [0.5, 0.6) is 0 Å². The van der Waals surface area contributed by atoms with Gasteiger partial charge in [0.2, 0.25) is 11.8 Å². The first-order valence-corrected chi connectivity index (χ1v) is 17.2. The molecule has 0 radical (unpaired) electrons. The largest absolute Gasteiger partial charge is 0.342 e. The Labute approximate surface area is 279 Å². The number of carbonyl (C=O) groups excluding carboxylic acids is 3. The monoisotopic (exact) mass is 667 g/mol. The number of piperazine rings is 1. The normalized spacial score (nSPS) is 26.7. The standard InChI is InChI=1S/C34H39Cl2N5O3S/c1-6-25-15-16-26(31(43)39-18-17-38(5)27(42)19-39)40(25)32(44)29-28(20(2)3)41-30(21-7-11-23(35)12-8-21)34(4,37-33(41)45-29)22-9-13-24(36)14-10-22/h7-14,20,25-26,30H,6,15-19H2,1-5H3/t25-,26+,30-,34+/m1/s1. The highest BCUT2D eigenvalue weighted by molar-refractivity contribution is 8.18. The summed E-state index contributed by atoms with van der Waals surface area (Å²) in [7, 11) is 1.75. The van der Waals surface area contributed by atoms with Crippen LogP contribution in [0, 0.1) is 5.92 Å². The average Bonchev–Trinajstić information content (AvgIpc) is 3.69. The third kappa shape index (κ3) is 5.55. The van der Waals surface area contributed by atoms with Crippen molar-refractivity contribution in [3.63, 3.8) is 0 Å². The number of aliphatic imine (C=N–C) groups is 1. The molecule has 8 nitrogen and oxygen atoms in total. The van der Waals surface area contributed by atoms with Gasteiger partial charge in [0.25, 0.3) is 5.91 Å². The van der Waals surface area contributed by atoms with Crippen molar-refractivity contribution in [3.05, 3.63) is 80.3 Å². The summed E-state index contributed by atoms with van der Waals surface area (Å²) in [6.07, 6.45) is 2.09. The topological polar surface area (TPSA) is 76.5 Å². The molecule has 0 N–H and O–H groups in total. The molecule has 0 spiro atoms. The van der Waals surface area contributed by atoms with Gasteiger partial charge in [-0.1, -0.05) is 68.2 Å². The maximum absolute atomic E-state index is 14.7. The Hall–Kier alpha value is -3.01. The summed E-state index contributed by atoms with van der Waals surface area (Å²) in [5, 5.41) is 2.07. The number of amidine groups is 1. The number of hydrogen-bond acceptors (Lipinski definition) is 6. The fraction of sp³-hybridized carbons (Fsp3) is 0.471. The molecule has 2 aromatic rings. The van der Waals surface area contributed by atoms with E-state index in [0.29, 0.717) is 34.5 Å². The molecule has 4 aliphatic rings. The Morgan fingerprint density at radius 2 is 1.67 bits per heavy atom. The maximum Gasteiger partial charge on any atom is 0.263 e. The number of hydrogen-bond donors (Lipinski definition) is 0. The van der Waals surface area contributed by atoms with Crippen LogP contribution in [0.2, 0.25) is 10.0 Å². The van der Waals surface area contributed by atoms with Gasteiger partial charge in [0.15, 0.2) is 5.17 Å². The predicted molar refractivity (Wildman–Crippen MR) is 180 cm³/mol. The summed E-state index contributed by atoms with van der Waals surface area (Å²) in [4.78, 5) is 54.3. The van der Waals surface area contributed by atoms with E-state index in [1.807, 2.05) is 53.4 Å². The lowest BCUT2D eigenvalue weighted by Crippen LogP contribution is -2.56. The molecule has 6 rings (SSSR count). The van der Waals surface area contributed by atoms with Gasteiger partial charge in [-0.3, -0.25) is 14.4 Å². The molecule has 4 heterocycles. The van der Waals surface area contributed by atoms with E-state index in [4.69, 9.17) is 28.2 Å². The summed E-state index contributed by atoms with van der Waals surface area (Å²) < 4.78 is 0. The van der Waals surface area contributed by atoms with Crippen LogP contribution >= 0.6 is 35.0 Å². The second-order valence-electron chi connectivity index (χ2n) is 12.8. The quantitative estimate of drug-likeness (QED) is 0.361. The van der Waals surface area contributed by atoms with E-state index in [2.05, 4.69) is 32.6 Å². The molecule has 0 aliphatic carbocycles. The predicted octanol–water partition coefficient (Wildman–Crippen LogP) is 6.31. The molecule has 238 valence electrons. The number of likely N-dealkylation sites (tertiary alicyclic amines) is 1. The minimum atomic E-state index is -0.665. The molecular weight excluding hydrogens is 629 g/mol. The van der Waals surface area contributed by atoms with E-state index in [-0.39, 0.29) is 42.3 Å². The van der Waals surface area contributed by atoms with E-state index < -0.39 is 11.6 Å². The van der Waals surface area contributed by atoms with Crippen LogP contribution in [-0.4, -0.2) is 81.3 Å². The fourth-order valence-electron chi connectivity index (χ4n) is 7.17. The highest BCUT2D eigenvalue weighted by atomic mass is 35.5. The SMILES string of the molecule is CC[C@@H]1CC[C@@H](C(=O)N2CCN(C)C(=O)C2)N1C(=O)C1=C(C(C)C)N2C(=N[C@@](C)(c3ccc(Cl)cc3)[C@H]2c2ccc(Cl)cc2)S1. The molecular formula is C34H39Cl2N5O3S. The molecule has 3 amide bonds. The molecule has 2 aromatic carbocycles. The summed E-state index contributed by atoms with van der Waals surface area (Å²) in [5.74, 6) is -0.350. The zero-order valence-corrected chi connectivity index (χ0v) is 28.6. The molecule has 2 fully saturated rings. The lowest BCUT2D eigenvalue weighted by atomic mass is 9.81.